The van der Waals surface area contributed by atoms with Gasteiger partial charge in [0.05, 0.1) is 6.21 Å². The van der Waals surface area contributed by atoms with E-state index in [0.29, 0.717) is 6.42 Å². The van der Waals surface area contributed by atoms with E-state index >= 15 is 0 Å². The van der Waals surface area contributed by atoms with E-state index in [1.807, 2.05) is 24.3 Å². The Morgan fingerprint density at radius 3 is 2.76 bits per heavy atom. The lowest BCUT2D eigenvalue weighted by Crippen LogP contribution is -2.16. The number of thiophene rings is 1. The Hall–Kier alpha value is -1.46. The first-order valence-electron chi connectivity index (χ1n) is 6.84. The monoisotopic (exact) mass is 364 g/mol. The summed E-state index contributed by atoms with van der Waals surface area (Å²) < 4.78 is 1.02. The van der Waals surface area contributed by atoms with Crippen LogP contribution in [0.1, 0.15) is 29.7 Å². The highest BCUT2D eigenvalue weighted by molar-refractivity contribution is 9.10. The van der Waals surface area contributed by atoms with Gasteiger partial charge in [0.1, 0.15) is 0 Å². The van der Waals surface area contributed by atoms with Crippen LogP contribution in [0.3, 0.4) is 0 Å². The van der Waals surface area contributed by atoms with Gasteiger partial charge in [0.2, 0.25) is 5.91 Å². The molecule has 1 aromatic carbocycles. The van der Waals surface area contributed by atoms with Crippen LogP contribution >= 0.6 is 27.3 Å². The number of halogens is 1. The zero-order valence-electron chi connectivity index (χ0n) is 11.6. The molecule has 0 aliphatic rings. The third-order valence-corrected chi connectivity index (χ3v) is 4.39. The lowest BCUT2D eigenvalue weighted by Gasteiger charge is -2.00. The number of hydrogen-bond acceptors (Lipinski definition) is 3. The van der Waals surface area contributed by atoms with Crippen molar-refractivity contribution >= 4 is 39.4 Å². The van der Waals surface area contributed by atoms with Gasteiger partial charge in [0.15, 0.2) is 0 Å². The quantitative estimate of drug-likeness (QED) is 0.442. The number of hydrogen-bond donors (Lipinski definition) is 1. The van der Waals surface area contributed by atoms with Crippen LogP contribution in [-0.4, -0.2) is 12.1 Å². The second-order valence-corrected chi connectivity index (χ2v) is 6.58. The molecule has 21 heavy (non-hydrogen) atoms. The highest BCUT2D eigenvalue weighted by Crippen LogP contribution is 2.12. The van der Waals surface area contributed by atoms with Gasteiger partial charge in [-0.15, -0.1) is 11.3 Å². The minimum absolute atomic E-state index is 0.0328. The van der Waals surface area contributed by atoms with E-state index < -0.39 is 0 Å². The molecular weight excluding hydrogens is 348 g/mol. The summed E-state index contributed by atoms with van der Waals surface area (Å²) in [6.07, 6.45) is 5.13. The molecule has 0 aliphatic carbocycles. The largest absolute Gasteiger partial charge is 0.273 e. The molecule has 1 heterocycles. The Balaban J connectivity index is 1.62. The summed E-state index contributed by atoms with van der Waals surface area (Å²) >= 11 is 5.14. The van der Waals surface area contributed by atoms with Gasteiger partial charge in [0, 0.05) is 15.8 Å². The summed E-state index contributed by atoms with van der Waals surface area (Å²) in [6, 6.07) is 11.9. The predicted octanol–water partition coefficient (Wildman–Crippen LogP) is 4.37. The number of nitrogens with zero attached hydrogens (tertiary/aromatic N) is 1. The Kier molecular flexibility index (Phi) is 6.63. The van der Waals surface area contributed by atoms with Crippen LogP contribution in [-0.2, 0) is 11.2 Å². The Morgan fingerprint density at radius 2 is 2.05 bits per heavy atom. The van der Waals surface area contributed by atoms with E-state index in [-0.39, 0.29) is 5.91 Å². The summed E-state index contributed by atoms with van der Waals surface area (Å²) in [5.74, 6) is -0.0328. The number of aryl methyl sites for hydroxylation is 1. The van der Waals surface area contributed by atoms with Gasteiger partial charge in [-0.2, -0.15) is 5.10 Å². The van der Waals surface area contributed by atoms with Crippen molar-refractivity contribution < 1.29 is 4.79 Å². The Labute approximate surface area is 137 Å². The van der Waals surface area contributed by atoms with Crippen molar-refractivity contribution in [3.8, 4) is 0 Å². The second-order valence-electron chi connectivity index (χ2n) is 4.63. The SMILES string of the molecule is O=C(CCCCc1cccs1)N/N=C/c1ccc(Br)cc1. The van der Waals surface area contributed by atoms with Crippen molar-refractivity contribution in [3.05, 3.63) is 56.7 Å². The molecule has 0 aliphatic heterocycles. The maximum atomic E-state index is 11.6. The third-order valence-electron chi connectivity index (χ3n) is 2.93. The van der Waals surface area contributed by atoms with Gasteiger partial charge in [0.25, 0.3) is 0 Å². The third kappa shape index (κ3) is 6.23. The molecule has 110 valence electrons. The van der Waals surface area contributed by atoms with Gasteiger partial charge < -0.3 is 0 Å². The average molecular weight is 365 g/mol. The van der Waals surface area contributed by atoms with Crippen LogP contribution in [0.25, 0.3) is 0 Å². The maximum Gasteiger partial charge on any atom is 0.240 e. The van der Waals surface area contributed by atoms with E-state index in [4.69, 9.17) is 0 Å². The zero-order chi connectivity index (χ0) is 14.9. The molecule has 0 spiro atoms. The van der Waals surface area contributed by atoms with Gasteiger partial charge in [-0.1, -0.05) is 34.1 Å². The topological polar surface area (TPSA) is 41.5 Å². The summed E-state index contributed by atoms with van der Waals surface area (Å²) in [7, 11) is 0. The fourth-order valence-corrected chi connectivity index (χ4v) is 2.84. The fourth-order valence-electron chi connectivity index (χ4n) is 1.82. The van der Waals surface area contributed by atoms with Crippen molar-refractivity contribution in [2.75, 3.05) is 0 Å². The molecule has 2 aromatic rings. The Morgan fingerprint density at radius 1 is 1.24 bits per heavy atom. The van der Waals surface area contributed by atoms with E-state index in [1.165, 1.54) is 4.88 Å². The van der Waals surface area contributed by atoms with Gasteiger partial charge in [-0.3, -0.25) is 4.79 Å². The Bertz CT molecular complexity index is 579. The summed E-state index contributed by atoms with van der Waals surface area (Å²) in [6.45, 7) is 0. The van der Waals surface area contributed by atoms with E-state index in [2.05, 4.69) is 44.0 Å². The summed E-state index contributed by atoms with van der Waals surface area (Å²) in [5, 5.41) is 6.04. The van der Waals surface area contributed by atoms with Gasteiger partial charge in [-0.25, -0.2) is 5.43 Å². The molecule has 5 heteroatoms. The molecule has 1 amide bonds. The molecule has 0 fully saturated rings. The lowest BCUT2D eigenvalue weighted by molar-refractivity contribution is -0.121. The fraction of sp³-hybridized carbons (Fsp3) is 0.250. The molecule has 1 aromatic heterocycles. The highest BCUT2D eigenvalue weighted by Gasteiger charge is 2.00. The molecule has 0 atom stereocenters. The first kappa shape index (κ1) is 15.9. The van der Waals surface area contributed by atoms with Crippen LogP contribution in [0.15, 0.2) is 51.4 Å². The highest BCUT2D eigenvalue weighted by atomic mass is 79.9. The molecule has 0 saturated heterocycles. The molecule has 0 bridgehead atoms. The number of benzene rings is 1. The number of carbonyl (C=O) groups is 1. The normalized spacial score (nSPS) is 10.9. The van der Waals surface area contributed by atoms with Crippen molar-refractivity contribution in [1.29, 1.82) is 0 Å². The first-order chi connectivity index (χ1) is 10.2. The molecular formula is C16H17BrN2OS. The molecule has 0 saturated carbocycles. The zero-order valence-corrected chi connectivity index (χ0v) is 14.0. The van der Waals surface area contributed by atoms with Gasteiger partial charge in [-0.05, 0) is 48.4 Å². The van der Waals surface area contributed by atoms with Crippen LogP contribution in [0.4, 0.5) is 0 Å². The van der Waals surface area contributed by atoms with Crippen LogP contribution in [0, 0.1) is 0 Å². The standard InChI is InChI=1S/C16H17BrN2OS/c17-14-9-7-13(8-10-14)12-18-19-16(20)6-2-1-4-15-5-3-11-21-15/h3,5,7-12H,1-2,4,6H2,(H,19,20)/b18-12+. The van der Waals surface area contributed by atoms with E-state index in [1.54, 1.807) is 17.6 Å². The van der Waals surface area contributed by atoms with Crippen LogP contribution in [0.5, 0.6) is 0 Å². The van der Waals surface area contributed by atoms with Crippen molar-refractivity contribution in [2.45, 2.75) is 25.7 Å². The van der Waals surface area contributed by atoms with Crippen molar-refractivity contribution in [3.63, 3.8) is 0 Å². The van der Waals surface area contributed by atoms with Crippen LogP contribution in [0.2, 0.25) is 0 Å². The number of hydrazone groups is 1. The molecule has 2 rings (SSSR count). The average Bonchev–Trinajstić information content (AvgIpc) is 2.99. The number of rotatable bonds is 7. The molecule has 0 unspecified atom stereocenters. The molecule has 1 N–H and O–H groups in total. The van der Waals surface area contributed by atoms with Crippen molar-refractivity contribution in [2.24, 2.45) is 5.10 Å². The second kappa shape index (κ2) is 8.74. The summed E-state index contributed by atoms with van der Waals surface area (Å²) in [5.41, 5.74) is 3.52. The summed E-state index contributed by atoms with van der Waals surface area (Å²) in [4.78, 5) is 13.0. The smallest absolute Gasteiger partial charge is 0.240 e. The lowest BCUT2D eigenvalue weighted by atomic mass is 10.2. The first-order valence-corrected chi connectivity index (χ1v) is 8.51. The minimum atomic E-state index is -0.0328. The maximum absolute atomic E-state index is 11.6. The number of amides is 1. The van der Waals surface area contributed by atoms with Gasteiger partial charge >= 0.3 is 0 Å². The number of carbonyl (C=O) groups excluding carboxylic acids is 1. The van der Waals surface area contributed by atoms with E-state index in [0.717, 1.165) is 29.3 Å². The molecule has 0 radical (unpaired) electrons. The minimum Gasteiger partial charge on any atom is -0.273 e. The number of nitrogens with one attached hydrogen (secondary N) is 1. The van der Waals surface area contributed by atoms with Crippen molar-refractivity contribution in [1.82, 2.24) is 5.43 Å². The van der Waals surface area contributed by atoms with E-state index in [9.17, 15) is 4.79 Å². The number of unbranched alkanes of at least 4 members (excludes halogenated alkanes) is 1. The molecule has 3 nitrogen and oxygen atoms in total. The van der Waals surface area contributed by atoms with Crippen LogP contribution < -0.4 is 5.43 Å². The predicted molar refractivity (Wildman–Crippen MR) is 91.8 cm³/mol.